The zero-order valence-electron chi connectivity index (χ0n) is 11.5. The maximum absolute atomic E-state index is 11.2. The number of hydrogen-bond acceptors (Lipinski definition) is 4. The van der Waals surface area contributed by atoms with E-state index in [0.29, 0.717) is 19.8 Å². The Kier molecular flexibility index (Phi) is 5.03. The van der Waals surface area contributed by atoms with Gasteiger partial charge in [-0.25, -0.2) is 4.98 Å². The third kappa shape index (κ3) is 4.01. The largest absolute Gasteiger partial charge is 0.356 e. The molecule has 1 aromatic heterocycles. The maximum Gasteiger partial charge on any atom is 0.146 e. The molecule has 5 heteroatoms. The number of hydrogen-bond donors (Lipinski definition) is 1. The molecule has 0 radical (unpaired) electrons. The van der Waals surface area contributed by atoms with Crippen molar-refractivity contribution in [2.24, 2.45) is 5.73 Å². The second kappa shape index (κ2) is 6.98. The predicted molar refractivity (Wildman–Crippen MR) is 75.8 cm³/mol. The van der Waals surface area contributed by atoms with E-state index < -0.39 is 6.04 Å². The third-order valence-electron chi connectivity index (χ3n) is 3.09. The number of carbonyl (C=O) groups is 1. The Morgan fingerprint density at radius 3 is 2.85 bits per heavy atom. The van der Waals surface area contributed by atoms with Gasteiger partial charge in [-0.2, -0.15) is 0 Å². The SMILES string of the molecule is CC(=O)[C@@H](N)Cc1cncn1COCc1ccccc1. The minimum atomic E-state index is -0.487. The van der Waals surface area contributed by atoms with Crippen molar-refractivity contribution in [3.05, 3.63) is 54.1 Å². The highest BCUT2D eigenvalue weighted by atomic mass is 16.5. The summed E-state index contributed by atoms with van der Waals surface area (Å²) in [5.74, 6) is -0.0250. The van der Waals surface area contributed by atoms with Gasteiger partial charge in [0.1, 0.15) is 12.5 Å². The molecule has 0 saturated heterocycles. The van der Waals surface area contributed by atoms with Crippen molar-refractivity contribution in [3.8, 4) is 0 Å². The van der Waals surface area contributed by atoms with Crippen LogP contribution in [0.2, 0.25) is 0 Å². The van der Waals surface area contributed by atoms with Gasteiger partial charge in [-0.15, -0.1) is 0 Å². The number of nitrogens with zero attached hydrogens (tertiary/aromatic N) is 2. The Labute approximate surface area is 118 Å². The van der Waals surface area contributed by atoms with Crippen LogP contribution in [0.4, 0.5) is 0 Å². The standard InChI is InChI=1S/C15H19N3O2/c1-12(19)15(16)7-14-8-17-10-18(14)11-20-9-13-5-3-2-4-6-13/h2-6,8,10,15H,7,9,11,16H2,1H3/t15-/m0/s1. The highest BCUT2D eigenvalue weighted by Crippen LogP contribution is 2.06. The summed E-state index contributed by atoms with van der Waals surface area (Å²) < 4.78 is 7.51. The lowest BCUT2D eigenvalue weighted by Crippen LogP contribution is -2.31. The average Bonchev–Trinajstić information content (AvgIpc) is 2.87. The number of rotatable bonds is 7. The Balaban J connectivity index is 1.87. The predicted octanol–water partition coefficient (Wildman–Crippen LogP) is 1.52. The minimum Gasteiger partial charge on any atom is -0.356 e. The highest BCUT2D eigenvalue weighted by molar-refractivity contribution is 5.81. The number of aromatic nitrogens is 2. The smallest absolute Gasteiger partial charge is 0.146 e. The van der Waals surface area contributed by atoms with Crippen molar-refractivity contribution in [3.63, 3.8) is 0 Å². The van der Waals surface area contributed by atoms with Gasteiger partial charge in [0, 0.05) is 18.3 Å². The summed E-state index contributed by atoms with van der Waals surface area (Å²) in [6.07, 6.45) is 3.88. The van der Waals surface area contributed by atoms with Crippen LogP contribution in [0.25, 0.3) is 0 Å². The summed E-state index contributed by atoms with van der Waals surface area (Å²) in [7, 11) is 0. The van der Waals surface area contributed by atoms with E-state index in [4.69, 9.17) is 10.5 Å². The number of benzene rings is 1. The van der Waals surface area contributed by atoms with Crippen LogP contribution < -0.4 is 5.73 Å². The van der Waals surface area contributed by atoms with E-state index in [2.05, 4.69) is 4.98 Å². The molecule has 0 spiro atoms. The van der Waals surface area contributed by atoms with Gasteiger partial charge in [0.05, 0.1) is 19.0 Å². The lowest BCUT2D eigenvalue weighted by atomic mass is 10.1. The summed E-state index contributed by atoms with van der Waals surface area (Å²) in [4.78, 5) is 15.3. The molecule has 0 fully saturated rings. The van der Waals surface area contributed by atoms with Gasteiger partial charge in [-0.05, 0) is 12.5 Å². The number of ketones is 1. The molecule has 2 rings (SSSR count). The zero-order valence-corrected chi connectivity index (χ0v) is 11.5. The van der Waals surface area contributed by atoms with Crippen LogP contribution in [0, 0.1) is 0 Å². The first-order valence-electron chi connectivity index (χ1n) is 6.53. The molecule has 0 amide bonds. The fourth-order valence-electron chi connectivity index (χ4n) is 1.84. The first-order chi connectivity index (χ1) is 9.66. The quantitative estimate of drug-likeness (QED) is 0.830. The van der Waals surface area contributed by atoms with Crippen molar-refractivity contribution in [2.45, 2.75) is 32.7 Å². The van der Waals surface area contributed by atoms with E-state index in [1.807, 2.05) is 34.9 Å². The van der Waals surface area contributed by atoms with E-state index in [1.54, 1.807) is 12.5 Å². The number of imidazole rings is 1. The Bertz CT molecular complexity index is 551. The minimum absolute atomic E-state index is 0.0250. The summed E-state index contributed by atoms with van der Waals surface area (Å²) in [6.45, 7) is 2.43. The molecule has 1 heterocycles. The summed E-state index contributed by atoms with van der Waals surface area (Å²) >= 11 is 0. The topological polar surface area (TPSA) is 70.1 Å². The molecule has 2 N–H and O–H groups in total. The molecular formula is C15H19N3O2. The van der Waals surface area contributed by atoms with E-state index in [9.17, 15) is 4.79 Å². The van der Waals surface area contributed by atoms with Gasteiger partial charge in [-0.1, -0.05) is 30.3 Å². The van der Waals surface area contributed by atoms with Crippen molar-refractivity contribution in [1.82, 2.24) is 9.55 Å². The van der Waals surface area contributed by atoms with Crippen LogP contribution >= 0.6 is 0 Å². The Hall–Kier alpha value is -1.98. The molecule has 0 aliphatic rings. The van der Waals surface area contributed by atoms with E-state index in [-0.39, 0.29) is 5.78 Å². The van der Waals surface area contributed by atoms with Crippen LogP contribution in [0.5, 0.6) is 0 Å². The third-order valence-corrected chi connectivity index (χ3v) is 3.09. The number of carbonyl (C=O) groups excluding carboxylic acids is 1. The van der Waals surface area contributed by atoms with Crippen LogP contribution in [-0.4, -0.2) is 21.4 Å². The molecule has 106 valence electrons. The molecular weight excluding hydrogens is 254 g/mol. The van der Waals surface area contributed by atoms with Gasteiger partial charge in [-0.3, -0.25) is 4.79 Å². The van der Waals surface area contributed by atoms with Crippen molar-refractivity contribution in [2.75, 3.05) is 0 Å². The lowest BCUT2D eigenvalue weighted by Gasteiger charge is -2.11. The molecule has 0 saturated carbocycles. The van der Waals surface area contributed by atoms with Crippen LogP contribution in [0.3, 0.4) is 0 Å². The average molecular weight is 273 g/mol. The first kappa shape index (κ1) is 14.4. The summed E-state index contributed by atoms with van der Waals surface area (Å²) in [5.41, 5.74) is 7.79. The normalized spacial score (nSPS) is 12.3. The Morgan fingerprint density at radius 1 is 1.40 bits per heavy atom. The summed E-state index contributed by atoms with van der Waals surface area (Å²) in [5, 5.41) is 0. The summed E-state index contributed by atoms with van der Waals surface area (Å²) in [6, 6.07) is 9.47. The first-order valence-corrected chi connectivity index (χ1v) is 6.53. The Morgan fingerprint density at radius 2 is 2.15 bits per heavy atom. The highest BCUT2D eigenvalue weighted by Gasteiger charge is 2.12. The monoisotopic (exact) mass is 273 g/mol. The molecule has 0 aliphatic carbocycles. The van der Waals surface area contributed by atoms with E-state index >= 15 is 0 Å². The number of ether oxygens (including phenoxy) is 1. The van der Waals surface area contributed by atoms with Crippen LogP contribution in [0.15, 0.2) is 42.9 Å². The number of nitrogens with two attached hydrogens (primary N) is 1. The van der Waals surface area contributed by atoms with Crippen LogP contribution in [0.1, 0.15) is 18.2 Å². The maximum atomic E-state index is 11.2. The molecule has 1 aromatic carbocycles. The second-order valence-electron chi connectivity index (χ2n) is 4.74. The molecule has 0 unspecified atom stereocenters. The van der Waals surface area contributed by atoms with Gasteiger partial charge >= 0.3 is 0 Å². The van der Waals surface area contributed by atoms with Gasteiger partial charge in [0.25, 0.3) is 0 Å². The molecule has 5 nitrogen and oxygen atoms in total. The molecule has 2 aromatic rings. The van der Waals surface area contributed by atoms with Crippen LogP contribution in [-0.2, 0) is 29.3 Å². The van der Waals surface area contributed by atoms with Crippen molar-refractivity contribution >= 4 is 5.78 Å². The number of Topliss-reactive ketones (excluding diaryl/α,β-unsaturated/α-hetero) is 1. The zero-order chi connectivity index (χ0) is 14.4. The van der Waals surface area contributed by atoms with Gasteiger partial charge in [0.2, 0.25) is 0 Å². The lowest BCUT2D eigenvalue weighted by molar-refractivity contribution is -0.118. The molecule has 0 bridgehead atoms. The van der Waals surface area contributed by atoms with E-state index in [0.717, 1.165) is 11.3 Å². The van der Waals surface area contributed by atoms with Gasteiger partial charge in [0.15, 0.2) is 0 Å². The molecule has 20 heavy (non-hydrogen) atoms. The fraction of sp³-hybridized carbons (Fsp3) is 0.333. The second-order valence-corrected chi connectivity index (χ2v) is 4.74. The van der Waals surface area contributed by atoms with Crippen molar-refractivity contribution < 1.29 is 9.53 Å². The molecule has 0 aliphatic heterocycles. The van der Waals surface area contributed by atoms with Gasteiger partial charge < -0.3 is 15.0 Å². The molecule has 1 atom stereocenters. The van der Waals surface area contributed by atoms with Crippen molar-refractivity contribution in [1.29, 1.82) is 0 Å². The van der Waals surface area contributed by atoms with E-state index in [1.165, 1.54) is 6.92 Å². The fourth-order valence-corrected chi connectivity index (χ4v) is 1.84.